The number of hydrogen-bond acceptors (Lipinski definition) is 2. The van der Waals surface area contributed by atoms with E-state index >= 15 is 0 Å². The van der Waals surface area contributed by atoms with Gasteiger partial charge in [-0.3, -0.25) is 4.79 Å². The van der Waals surface area contributed by atoms with Crippen LogP contribution in [-0.2, 0) is 0 Å². The van der Waals surface area contributed by atoms with E-state index in [0.717, 1.165) is 10.4 Å². The highest BCUT2D eigenvalue weighted by atomic mass is 32.1. The zero-order chi connectivity index (χ0) is 7.56. The number of amides is 1. The van der Waals surface area contributed by atoms with Crippen molar-refractivity contribution in [2.24, 2.45) is 0 Å². The molecule has 0 bridgehead atoms. The van der Waals surface area contributed by atoms with Crippen molar-refractivity contribution < 1.29 is 4.79 Å². The van der Waals surface area contributed by atoms with Gasteiger partial charge in [-0.25, -0.2) is 0 Å². The molecule has 0 spiro atoms. The second kappa shape index (κ2) is 2.84. The molecule has 2 nitrogen and oxygen atoms in total. The molecule has 54 valence electrons. The van der Waals surface area contributed by atoms with E-state index in [4.69, 9.17) is 0 Å². The number of thiophene rings is 1. The molecular weight excluding hydrogens is 146 g/mol. The van der Waals surface area contributed by atoms with Gasteiger partial charge in [0.1, 0.15) is 0 Å². The second-order valence-electron chi connectivity index (χ2n) is 2.07. The summed E-state index contributed by atoms with van der Waals surface area (Å²) in [6, 6.07) is 1.88. The number of carbonyl (C=O) groups is 1. The largest absolute Gasteiger partial charge is 0.354 e. The highest BCUT2D eigenvalue weighted by Crippen LogP contribution is 2.12. The van der Waals surface area contributed by atoms with Gasteiger partial charge in [0.15, 0.2) is 0 Å². The monoisotopic (exact) mass is 155 g/mol. The Bertz CT molecular complexity index is 242. The van der Waals surface area contributed by atoms with E-state index in [2.05, 4.69) is 5.32 Å². The van der Waals surface area contributed by atoms with Crippen LogP contribution in [0.3, 0.4) is 0 Å². The summed E-state index contributed by atoms with van der Waals surface area (Å²) >= 11 is 1.47. The van der Waals surface area contributed by atoms with Crippen molar-refractivity contribution in [2.75, 3.05) is 7.05 Å². The summed E-state index contributed by atoms with van der Waals surface area (Å²) in [5.41, 5.74) is 1.14. The molecule has 3 heteroatoms. The molecule has 1 amide bonds. The molecular formula is C7H9NOS. The average Bonchev–Trinajstić information content (AvgIpc) is 2.34. The van der Waals surface area contributed by atoms with Crippen LogP contribution in [0.5, 0.6) is 0 Å². The molecule has 1 rings (SSSR count). The third kappa shape index (κ3) is 1.36. The Labute approximate surface area is 63.9 Å². The van der Waals surface area contributed by atoms with Gasteiger partial charge in [-0.15, -0.1) is 11.3 Å². The minimum Gasteiger partial charge on any atom is -0.354 e. The first-order chi connectivity index (χ1) is 4.74. The number of rotatable bonds is 1. The zero-order valence-electron chi connectivity index (χ0n) is 5.97. The van der Waals surface area contributed by atoms with Gasteiger partial charge >= 0.3 is 0 Å². The number of hydrogen-bond donors (Lipinski definition) is 1. The van der Waals surface area contributed by atoms with E-state index in [-0.39, 0.29) is 5.91 Å². The minimum absolute atomic E-state index is 0.00176. The van der Waals surface area contributed by atoms with Gasteiger partial charge < -0.3 is 5.32 Å². The minimum atomic E-state index is -0.00176. The van der Waals surface area contributed by atoms with Crippen LogP contribution in [0.15, 0.2) is 11.4 Å². The van der Waals surface area contributed by atoms with Crippen LogP contribution in [0.1, 0.15) is 15.2 Å². The first kappa shape index (κ1) is 7.28. The highest BCUT2D eigenvalue weighted by Gasteiger charge is 2.03. The second-order valence-corrected chi connectivity index (χ2v) is 2.98. The number of aryl methyl sites for hydroxylation is 1. The Morgan fingerprint density at radius 1 is 1.70 bits per heavy atom. The Hall–Kier alpha value is -0.830. The Balaban J connectivity index is 2.85. The molecule has 0 unspecified atom stereocenters. The van der Waals surface area contributed by atoms with Crippen molar-refractivity contribution in [3.8, 4) is 0 Å². The summed E-state index contributed by atoms with van der Waals surface area (Å²) in [5, 5.41) is 4.53. The van der Waals surface area contributed by atoms with Crippen molar-refractivity contribution >= 4 is 17.2 Å². The van der Waals surface area contributed by atoms with E-state index < -0.39 is 0 Å². The zero-order valence-corrected chi connectivity index (χ0v) is 6.79. The molecule has 0 aliphatic rings. The van der Waals surface area contributed by atoms with Crippen molar-refractivity contribution in [3.63, 3.8) is 0 Å². The van der Waals surface area contributed by atoms with Crippen LogP contribution in [0.4, 0.5) is 0 Å². The molecule has 0 atom stereocenters. The Morgan fingerprint density at radius 3 is 2.80 bits per heavy atom. The Kier molecular flexibility index (Phi) is 2.06. The standard InChI is InChI=1S/C7H9NOS/c1-5-3-6(10-4-5)7(9)8-2/h3-4H,1-2H3,(H,8,9). The predicted molar refractivity (Wildman–Crippen MR) is 42.4 cm³/mol. The van der Waals surface area contributed by atoms with Crippen molar-refractivity contribution in [3.05, 3.63) is 21.9 Å². The summed E-state index contributed by atoms with van der Waals surface area (Å²) in [7, 11) is 1.64. The maximum Gasteiger partial charge on any atom is 0.261 e. The molecule has 0 saturated carbocycles. The molecule has 1 aromatic heterocycles. The molecule has 1 N–H and O–H groups in total. The van der Waals surface area contributed by atoms with Gasteiger partial charge in [0.25, 0.3) is 5.91 Å². The van der Waals surface area contributed by atoms with Crippen LogP contribution >= 0.6 is 11.3 Å². The molecule has 1 aromatic rings. The van der Waals surface area contributed by atoms with Crippen LogP contribution in [0, 0.1) is 6.92 Å². The van der Waals surface area contributed by atoms with Crippen molar-refractivity contribution in [2.45, 2.75) is 6.92 Å². The van der Waals surface area contributed by atoms with E-state index in [1.165, 1.54) is 11.3 Å². The van der Waals surface area contributed by atoms with E-state index in [9.17, 15) is 4.79 Å². The summed E-state index contributed by atoms with van der Waals surface area (Å²) in [5.74, 6) is -0.00176. The number of carbonyl (C=O) groups excluding carboxylic acids is 1. The van der Waals surface area contributed by atoms with Gasteiger partial charge in [0, 0.05) is 7.05 Å². The molecule has 1 heterocycles. The van der Waals surface area contributed by atoms with Crippen molar-refractivity contribution in [1.82, 2.24) is 5.32 Å². The van der Waals surface area contributed by atoms with E-state index in [1.54, 1.807) is 7.05 Å². The van der Waals surface area contributed by atoms with Gasteiger partial charge in [0.05, 0.1) is 4.88 Å². The van der Waals surface area contributed by atoms with Gasteiger partial charge in [-0.05, 0) is 23.9 Å². The lowest BCUT2D eigenvalue weighted by molar-refractivity contribution is 0.0967. The first-order valence-corrected chi connectivity index (χ1v) is 3.89. The molecule has 0 aliphatic heterocycles. The molecule has 10 heavy (non-hydrogen) atoms. The first-order valence-electron chi connectivity index (χ1n) is 3.01. The lowest BCUT2D eigenvalue weighted by Gasteiger charge is -1.90. The quantitative estimate of drug-likeness (QED) is 0.653. The molecule has 0 fully saturated rings. The lowest BCUT2D eigenvalue weighted by atomic mass is 10.3. The lowest BCUT2D eigenvalue weighted by Crippen LogP contribution is -2.15. The molecule has 0 aromatic carbocycles. The van der Waals surface area contributed by atoms with Crippen LogP contribution < -0.4 is 5.32 Å². The summed E-state index contributed by atoms with van der Waals surface area (Å²) in [6.45, 7) is 1.98. The average molecular weight is 155 g/mol. The van der Waals surface area contributed by atoms with Gasteiger partial charge in [-0.2, -0.15) is 0 Å². The Morgan fingerprint density at radius 2 is 2.40 bits per heavy atom. The SMILES string of the molecule is CNC(=O)c1cc(C)cs1. The third-order valence-electron chi connectivity index (χ3n) is 1.18. The maximum absolute atomic E-state index is 10.9. The van der Waals surface area contributed by atoms with Crippen molar-refractivity contribution in [1.29, 1.82) is 0 Å². The van der Waals surface area contributed by atoms with Crippen LogP contribution in [0.2, 0.25) is 0 Å². The highest BCUT2D eigenvalue weighted by molar-refractivity contribution is 7.12. The number of nitrogens with one attached hydrogen (secondary N) is 1. The van der Waals surface area contributed by atoms with Gasteiger partial charge in [0.2, 0.25) is 0 Å². The van der Waals surface area contributed by atoms with E-state index in [0.29, 0.717) is 0 Å². The smallest absolute Gasteiger partial charge is 0.261 e. The topological polar surface area (TPSA) is 29.1 Å². The van der Waals surface area contributed by atoms with E-state index in [1.807, 2.05) is 18.4 Å². The van der Waals surface area contributed by atoms with Crippen LogP contribution in [-0.4, -0.2) is 13.0 Å². The molecule has 0 radical (unpaired) electrons. The van der Waals surface area contributed by atoms with Crippen LogP contribution in [0.25, 0.3) is 0 Å². The summed E-state index contributed by atoms with van der Waals surface area (Å²) < 4.78 is 0. The maximum atomic E-state index is 10.9. The molecule has 0 aliphatic carbocycles. The summed E-state index contributed by atoms with van der Waals surface area (Å²) in [6.07, 6.45) is 0. The fourth-order valence-electron chi connectivity index (χ4n) is 0.674. The predicted octanol–water partition coefficient (Wildman–Crippen LogP) is 1.42. The summed E-state index contributed by atoms with van der Waals surface area (Å²) in [4.78, 5) is 11.7. The third-order valence-corrected chi connectivity index (χ3v) is 2.23. The fraction of sp³-hybridized carbons (Fsp3) is 0.286. The normalized spacial score (nSPS) is 9.40. The fourth-order valence-corrected chi connectivity index (χ4v) is 1.52. The molecule has 0 saturated heterocycles. The van der Waals surface area contributed by atoms with Gasteiger partial charge in [-0.1, -0.05) is 0 Å².